The van der Waals surface area contributed by atoms with Gasteiger partial charge in [-0.3, -0.25) is 0 Å². The molecule has 2 aromatic carbocycles. The molecule has 0 aliphatic rings. The average Bonchev–Trinajstić information content (AvgIpc) is 2.39. The van der Waals surface area contributed by atoms with Crippen LogP contribution in [0, 0.1) is 5.41 Å². The zero-order valence-electron chi connectivity index (χ0n) is 12.4. The highest BCUT2D eigenvalue weighted by Crippen LogP contribution is 2.22. The van der Waals surface area contributed by atoms with Crippen LogP contribution in [0.2, 0.25) is 0 Å². The molecular weight excluding hydrogens is 248 g/mol. The Balaban J connectivity index is 1.94. The van der Waals surface area contributed by atoms with Crippen LogP contribution in [0.3, 0.4) is 0 Å². The minimum Gasteiger partial charge on any atom is -0.457 e. The van der Waals surface area contributed by atoms with Crippen LogP contribution in [0.1, 0.15) is 26.3 Å². The molecule has 0 unspecified atom stereocenters. The van der Waals surface area contributed by atoms with Crippen LogP contribution >= 0.6 is 0 Å². The van der Waals surface area contributed by atoms with Crippen molar-refractivity contribution in [3.8, 4) is 11.5 Å². The van der Waals surface area contributed by atoms with Gasteiger partial charge in [0.25, 0.3) is 0 Å². The molecule has 0 bridgehead atoms. The molecule has 0 heterocycles. The second-order valence-electron chi connectivity index (χ2n) is 6.12. The minimum absolute atomic E-state index is 0.193. The van der Waals surface area contributed by atoms with E-state index < -0.39 is 0 Å². The first-order chi connectivity index (χ1) is 9.53. The number of para-hydroxylation sites is 1. The molecule has 20 heavy (non-hydrogen) atoms. The van der Waals surface area contributed by atoms with Crippen molar-refractivity contribution >= 4 is 0 Å². The lowest BCUT2D eigenvalue weighted by Gasteiger charge is -2.18. The van der Waals surface area contributed by atoms with E-state index in [1.54, 1.807) is 0 Å². The summed E-state index contributed by atoms with van der Waals surface area (Å²) in [5.74, 6) is 1.69. The first-order valence-electron chi connectivity index (χ1n) is 6.92. The lowest BCUT2D eigenvalue weighted by molar-refractivity contribution is 0.0598. The number of benzene rings is 2. The van der Waals surface area contributed by atoms with Gasteiger partial charge in [0.15, 0.2) is 0 Å². The van der Waals surface area contributed by atoms with E-state index in [9.17, 15) is 0 Å². The summed E-state index contributed by atoms with van der Waals surface area (Å²) in [6.07, 6.45) is 0. The summed E-state index contributed by atoms with van der Waals surface area (Å²) in [5.41, 5.74) is 1.32. The quantitative estimate of drug-likeness (QED) is 0.757. The summed E-state index contributed by atoms with van der Waals surface area (Å²) < 4.78 is 11.5. The molecule has 2 nitrogen and oxygen atoms in total. The maximum absolute atomic E-state index is 5.81. The van der Waals surface area contributed by atoms with E-state index in [-0.39, 0.29) is 5.41 Å². The first-order valence-corrected chi connectivity index (χ1v) is 6.92. The first kappa shape index (κ1) is 14.6. The fraction of sp³-hybridized carbons (Fsp3) is 0.333. The van der Waals surface area contributed by atoms with Crippen molar-refractivity contribution < 1.29 is 9.47 Å². The third-order valence-electron chi connectivity index (χ3n) is 2.68. The van der Waals surface area contributed by atoms with Crippen LogP contribution in [0.5, 0.6) is 11.5 Å². The summed E-state index contributed by atoms with van der Waals surface area (Å²) in [6.45, 7) is 7.87. The van der Waals surface area contributed by atoms with Gasteiger partial charge in [-0.1, -0.05) is 51.1 Å². The highest BCUT2D eigenvalue weighted by atomic mass is 16.5. The Morgan fingerprint density at radius 2 is 1.55 bits per heavy atom. The molecule has 0 spiro atoms. The van der Waals surface area contributed by atoms with Crippen LogP contribution in [-0.2, 0) is 11.3 Å². The van der Waals surface area contributed by atoms with E-state index in [0.29, 0.717) is 6.61 Å². The number of hydrogen-bond donors (Lipinski definition) is 0. The third-order valence-corrected chi connectivity index (χ3v) is 2.68. The van der Waals surface area contributed by atoms with Gasteiger partial charge in [-0.15, -0.1) is 0 Å². The minimum atomic E-state index is 0.193. The predicted octanol–water partition coefficient (Wildman–Crippen LogP) is 5.04. The number of ether oxygens (including phenoxy) is 2. The van der Waals surface area contributed by atoms with Crippen LogP contribution in [0.25, 0.3) is 0 Å². The average molecular weight is 270 g/mol. The summed E-state index contributed by atoms with van der Waals surface area (Å²) in [7, 11) is 0. The molecule has 0 atom stereocenters. The van der Waals surface area contributed by atoms with Gasteiger partial charge in [-0.25, -0.2) is 0 Å². The smallest absolute Gasteiger partial charge is 0.127 e. The zero-order chi connectivity index (χ0) is 14.4. The second kappa shape index (κ2) is 6.58. The Morgan fingerprint density at radius 3 is 2.25 bits per heavy atom. The Bertz CT molecular complexity index is 527. The van der Waals surface area contributed by atoms with Crippen LogP contribution in [0.15, 0.2) is 54.6 Å². The predicted molar refractivity (Wildman–Crippen MR) is 82.1 cm³/mol. The molecule has 0 aliphatic heterocycles. The Labute approximate surface area is 121 Å². The highest BCUT2D eigenvalue weighted by molar-refractivity contribution is 5.33. The van der Waals surface area contributed by atoms with Crippen molar-refractivity contribution in [2.24, 2.45) is 5.41 Å². The highest BCUT2D eigenvalue weighted by Gasteiger charge is 2.10. The van der Waals surface area contributed by atoms with Crippen molar-refractivity contribution in [3.63, 3.8) is 0 Å². The van der Waals surface area contributed by atoms with Gasteiger partial charge in [0, 0.05) is 0 Å². The molecule has 0 saturated carbocycles. The summed E-state index contributed by atoms with van der Waals surface area (Å²) in [5, 5.41) is 0. The number of hydrogen-bond acceptors (Lipinski definition) is 2. The van der Waals surface area contributed by atoms with E-state index in [1.165, 1.54) is 0 Å². The molecule has 0 aliphatic carbocycles. The van der Waals surface area contributed by atoms with Crippen molar-refractivity contribution in [1.29, 1.82) is 0 Å². The molecule has 106 valence electrons. The maximum atomic E-state index is 5.81. The molecule has 0 fully saturated rings. The molecule has 2 aromatic rings. The molecular formula is C18H22O2. The van der Waals surface area contributed by atoms with Crippen molar-refractivity contribution in [3.05, 3.63) is 60.2 Å². The van der Waals surface area contributed by atoms with Crippen molar-refractivity contribution in [2.75, 3.05) is 6.61 Å². The standard InChI is InChI=1S/C18H22O2/c1-18(2,3)14-19-13-15-8-7-11-17(12-15)20-16-9-5-4-6-10-16/h4-12H,13-14H2,1-3H3. The number of rotatable bonds is 5. The second-order valence-corrected chi connectivity index (χ2v) is 6.12. The van der Waals surface area contributed by atoms with Gasteiger partial charge in [-0.2, -0.15) is 0 Å². The Morgan fingerprint density at radius 1 is 0.850 bits per heavy atom. The largest absolute Gasteiger partial charge is 0.457 e. The van der Waals surface area contributed by atoms with Crippen LogP contribution < -0.4 is 4.74 Å². The molecule has 0 amide bonds. The van der Waals surface area contributed by atoms with E-state index in [1.807, 2.05) is 48.5 Å². The molecule has 0 saturated heterocycles. The van der Waals surface area contributed by atoms with Gasteiger partial charge in [0.1, 0.15) is 11.5 Å². The molecule has 0 radical (unpaired) electrons. The van der Waals surface area contributed by atoms with Crippen LogP contribution in [-0.4, -0.2) is 6.61 Å². The monoisotopic (exact) mass is 270 g/mol. The summed E-state index contributed by atoms with van der Waals surface area (Å²) >= 11 is 0. The van der Waals surface area contributed by atoms with Gasteiger partial charge < -0.3 is 9.47 Å². The normalized spacial score (nSPS) is 11.3. The molecule has 2 rings (SSSR count). The lowest BCUT2D eigenvalue weighted by Crippen LogP contribution is -2.14. The van der Waals surface area contributed by atoms with Gasteiger partial charge >= 0.3 is 0 Å². The zero-order valence-corrected chi connectivity index (χ0v) is 12.4. The van der Waals surface area contributed by atoms with Crippen molar-refractivity contribution in [1.82, 2.24) is 0 Å². The topological polar surface area (TPSA) is 18.5 Å². The SMILES string of the molecule is CC(C)(C)COCc1cccc(Oc2ccccc2)c1. The fourth-order valence-corrected chi connectivity index (χ4v) is 1.80. The molecule has 2 heteroatoms. The molecule has 0 aromatic heterocycles. The third kappa shape index (κ3) is 5.06. The van der Waals surface area contributed by atoms with E-state index in [4.69, 9.17) is 9.47 Å². The van der Waals surface area contributed by atoms with Gasteiger partial charge in [0.2, 0.25) is 0 Å². The van der Waals surface area contributed by atoms with Crippen molar-refractivity contribution in [2.45, 2.75) is 27.4 Å². The van der Waals surface area contributed by atoms with Crippen LogP contribution in [0.4, 0.5) is 0 Å². The van der Waals surface area contributed by atoms with E-state index in [0.717, 1.165) is 23.7 Å². The van der Waals surface area contributed by atoms with Gasteiger partial charge in [0.05, 0.1) is 13.2 Å². The summed E-state index contributed by atoms with van der Waals surface area (Å²) in [4.78, 5) is 0. The van der Waals surface area contributed by atoms with E-state index >= 15 is 0 Å². The Hall–Kier alpha value is -1.80. The van der Waals surface area contributed by atoms with E-state index in [2.05, 4.69) is 26.8 Å². The Kier molecular flexibility index (Phi) is 4.80. The summed E-state index contributed by atoms with van der Waals surface area (Å²) in [6, 6.07) is 17.8. The van der Waals surface area contributed by atoms with Gasteiger partial charge in [-0.05, 0) is 35.2 Å². The fourth-order valence-electron chi connectivity index (χ4n) is 1.80. The maximum Gasteiger partial charge on any atom is 0.127 e. The lowest BCUT2D eigenvalue weighted by atomic mass is 9.99. The molecule has 0 N–H and O–H groups in total.